The molecule has 16 heteroatoms. The number of ketones is 1. The number of carbonyl (C=O) groups excluding carboxylic acids is 1. The summed E-state index contributed by atoms with van der Waals surface area (Å²) in [6, 6.07) is 6.83. The summed E-state index contributed by atoms with van der Waals surface area (Å²) in [4.78, 5) is 12.9. The molecule has 11 atom stereocenters. The van der Waals surface area contributed by atoms with Gasteiger partial charge < -0.3 is 74.4 Å². The highest BCUT2D eigenvalue weighted by Gasteiger charge is 2.51. The molecule has 44 heavy (non-hydrogen) atoms. The molecule has 5 rings (SSSR count). The summed E-state index contributed by atoms with van der Waals surface area (Å²) in [7, 11) is 1.39. The van der Waals surface area contributed by atoms with Crippen LogP contribution in [0.25, 0.3) is 0 Å². The first-order valence-electron chi connectivity index (χ1n) is 13.7. The van der Waals surface area contributed by atoms with Crippen molar-refractivity contribution < 1.29 is 79.2 Å². The number of carbonyl (C=O) groups is 1. The molecule has 2 unspecified atom stereocenters. The SMILES string of the molecule is COc1ccc(C2CC(=O)c3c(O)cc(O[C@@H]4O[C@H](CO)[C@@H](OC5O[C@H](CO)[C@@H](O)[C@H](O)[C@H]5O)[C@H](O)[C@H]4O)cc3O2)cc1O. The fraction of sp³-hybridized carbons (Fsp3) is 0.536. The van der Waals surface area contributed by atoms with E-state index in [0.29, 0.717) is 5.56 Å². The van der Waals surface area contributed by atoms with Crippen LogP contribution in [0.15, 0.2) is 30.3 Å². The van der Waals surface area contributed by atoms with Gasteiger partial charge in [-0.25, -0.2) is 0 Å². The predicted molar refractivity (Wildman–Crippen MR) is 142 cm³/mol. The van der Waals surface area contributed by atoms with Gasteiger partial charge in [0.25, 0.3) is 0 Å². The standard InChI is InChI=1S/C28H34O16/c1-39-15-3-2-10(4-12(15)31)16-7-14(33)20-13(32)5-11(6-17(20)41-16)40-27-25(38)23(36)26(19(9-30)43-27)44-28-24(37)22(35)21(34)18(8-29)42-28/h2-6,16,18-19,21-32,34-38H,7-9H2,1H3/t16?,18-,19-,21-,22+,23-,24-,25-,26-,27-,28?/m1/s1. The van der Waals surface area contributed by atoms with E-state index in [1.807, 2.05) is 0 Å². The molecule has 0 spiro atoms. The van der Waals surface area contributed by atoms with Crippen LogP contribution in [0.2, 0.25) is 0 Å². The first kappa shape index (κ1) is 32.1. The summed E-state index contributed by atoms with van der Waals surface area (Å²) in [5.74, 6) is -1.10. The van der Waals surface area contributed by atoms with Crippen LogP contribution in [0.4, 0.5) is 0 Å². The van der Waals surface area contributed by atoms with Crippen LogP contribution >= 0.6 is 0 Å². The average Bonchev–Trinajstić information content (AvgIpc) is 3.00. The number of phenols is 2. The molecule has 0 saturated carbocycles. The second kappa shape index (κ2) is 13.0. The fourth-order valence-corrected chi connectivity index (χ4v) is 5.36. The Morgan fingerprint density at radius 1 is 0.818 bits per heavy atom. The number of hydrogen-bond donors (Lipinski definition) is 9. The highest BCUT2D eigenvalue weighted by atomic mass is 16.7. The van der Waals surface area contributed by atoms with Crippen molar-refractivity contribution in [3.8, 4) is 28.7 Å². The van der Waals surface area contributed by atoms with Gasteiger partial charge in [0.2, 0.25) is 6.29 Å². The van der Waals surface area contributed by atoms with E-state index in [9.17, 15) is 50.8 Å². The molecule has 9 N–H and O–H groups in total. The minimum absolute atomic E-state index is 0.0649. The Hall–Kier alpha value is -3.29. The Bertz CT molecular complexity index is 1330. The van der Waals surface area contributed by atoms with Crippen LogP contribution in [-0.4, -0.2) is 133 Å². The average molecular weight is 627 g/mol. The van der Waals surface area contributed by atoms with Gasteiger partial charge in [0, 0.05) is 12.1 Å². The van der Waals surface area contributed by atoms with Gasteiger partial charge >= 0.3 is 0 Å². The second-order valence-electron chi connectivity index (χ2n) is 10.6. The molecule has 242 valence electrons. The number of ether oxygens (including phenoxy) is 6. The molecule has 2 aromatic carbocycles. The summed E-state index contributed by atoms with van der Waals surface area (Å²) in [5, 5.41) is 92.1. The molecule has 16 nitrogen and oxygen atoms in total. The number of rotatable bonds is 8. The van der Waals surface area contributed by atoms with Crippen LogP contribution in [0, 0.1) is 0 Å². The summed E-state index contributed by atoms with van der Waals surface area (Å²) >= 11 is 0. The van der Waals surface area contributed by atoms with E-state index in [0.717, 1.165) is 6.07 Å². The Labute approximate surface area is 249 Å². The van der Waals surface area contributed by atoms with E-state index in [4.69, 9.17) is 28.4 Å². The first-order chi connectivity index (χ1) is 21.0. The maximum absolute atomic E-state index is 12.9. The summed E-state index contributed by atoms with van der Waals surface area (Å²) < 4.78 is 33.1. The minimum Gasteiger partial charge on any atom is -0.507 e. The van der Waals surface area contributed by atoms with E-state index in [-0.39, 0.29) is 35.0 Å². The maximum Gasteiger partial charge on any atom is 0.229 e. The largest absolute Gasteiger partial charge is 0.507 e. The molecule has 0 radical (unpaired) electrons. The Morgan fingerprint density at radius 3 is 2.16 bits per heavy atom. The Balaban J connectivity index is 1.32. The number of hydrogen-bond acceptors (Lipinski definition) is 16. The monoisotopic (exact) mass is 626 g/mol. The van der Waals surface area contributed by atoms with Crippen LogP contribution < -0.4 is 14.2 Å². The lowest BCUT2D eigenvalue weighted by Gasteiger charge is -2.45. The number of phenolic OH excluding ortho intramolecular Hbond substituents is 2. The van der Waals surface area contributed by atoms with Crippen LogP contribution in [0.1, 0.15) is 28.4 Å². The van der Waals surface area contributed by atoms with Crippen LogP contribution in [0.5, 0.6) is 28.7 Å². The summed E-state index contributed by atoms with van der Waals surface area (Å²) in [6.07, 6.45) is -17.5. The maximum atomic E-state index is 12.9. The molecule has 0 aliphatic carbocycles. The number of aliphatic hydroxyl groups is 7. The van der Waals surface area contributed by atoms with Crippen LogP contribution in [0.3, 0.4) is 0 Å². The smallest absolute Gasteiger partial charge is 0.229 e. The molecule has 3 aliphatic heterocycles. The van der Waals surface area contributed by atoms with E-state index >= 15 is 0 Å². The van der Waals surface area contributed by atoms with Gasteiger partial charge in [0.05, 0.1) is 26.7 Å². The van der Waals surface area contributed by atoms with Crippen molar-refractivity contribution in [1.82, 2.24) is 0 Å². The number of fused-ring (bicyclic) bond motifs is 1. The molecular weight excluding hydrogens is 592 g/mol. The third-order valence-electron chi connectivity index (χ3n) is 7.76. The van der Waals surface area contributed by atoms with Crippen molar-refractivity contribution in [2.45, 2.75) is 73.9 Å². The van der Waals surface area contributed by atoms with Crippen molar-refractivity contribution in [2.24, 2.45) is 0 Å². The number of benzene rings is 2. The number of aromatic hydroxyl groups is 2. The van der Waals surface area contributed by atoms with Gasteiger partial charge in [-0.3, -0.25) is 4.79 Å². The Morgan fingerprint density at radius 2 is 1.50 bits per heavy atom. The van der Waals surface area contributed by atoms with Gasteiger partial charge in [0.15, 0.2) is 23.6 Å². The van der Waals surface area contributed by atoms with E-state index in [1.54, 1.807) is 6.07 Å². The van der Waals surface area contributed by atoms with E-state index in [1.165, 1.54) is 25.3 Å². The quantitative estimate of drug-likeness (QED) is 0.151. The number of Topliss-reactive ketones (excluding diaryl/α,β-unsaturated/α-hetero) is 1. The van der Waals surface area contributed by atoms with Crippen molar-refractivity contribution in [2.75, 3.05) is 20.3 Å². The second-order valence-corrected chi connectivity index (χ2v) is 10.6. The lowest BCUT2D eigenvalue weighted by Crippen LogP contribution is -2.65. The Kier molecular flexibility index (Phi) is 9.47. The van der Waals surface area contributed by atoms with E-state index < -0.39 is 92.3 Å². The zero-order valence-electron chi connectivity index (χ0n) is 23.2. The number of aliphatic hydroxyl groups excluding tert-OH is 7. The normalized spacial score (nSPS) is 35.5. The lowest BCUT2D eigenvalue weighted by atomic mass is 9.95. The zero-order chi connectivity index (χ0) is 31.9. The molecule has 3 aliphatic rings. The van der Waals surface area contributed by atoms with E-state index in [2.05, 4.69) is 0 Å². The molecule has 2 aromatic rings. The van der Waals surface area contributed by atoms with Crippen molar-refractivity contribution in [3.63, 3.8) is 0 Å². The first-order valence-corrected chi connectivity index (χ1v) is 13.7. The molecule has 0 bridgehead atoms. The molecule has 3 heterocycles. The molecule has 0 aromatic heterocycles. The van der Waals surface area contributed by atoms with Crippen molar-refractivity contribution >= 4 is 5.78 Å². The van der Waals surface area contributed by atoms with Gasteiger partial charge in [-0.05, 0) is 17.7 Å². The van der Waals surface area contributed by atoms with Gasteiger partial charge in [0.1, 0.15) is 77.7 Å². The molecular formula is C28H34O16. The minimum atomic E-state index is -1.84. The highest BCUT2D eigenvalue weighted by Crippen LogP contribution is 2.43. The zero-order valence-corrected chi connectivity index (χ0v) is 23.2. The molecule has 2 fully saturated rings. The predicted octanol–water partition coefficient (Wildman–Crippen LogP) is -2.18. The highest BCUT2D eigenvalue weighted by molar-refractivity contribution is 6.02. The van der Waals surface area contributed by atoms with Gasteiger partial charge in [-0.1, -0.05) is 6.07 Å². The number of methoxy groups -OCH3 is 1. The summed E-state index contributed by atoms with van der Waals surface area (Å²) in [6.45, 7) is -1.52. The van der Waals surface area contributed by atoms with Crippen LogP contribution in [-0.2, 0) is 14.2 Å². The fourth-order valence-electron chi connectivity index (χ4n) is 5.36. The lowest BCUT2D eigenvalue weighted by molar-refractivity contribution is -0.352. The van der Waals surface area contributed by atoms with Crippen molar-refractivity contribution in [1.29, 1.82) is 0 Å². The van der Waals surface area contributed by atoms with Gasteiger partial charge in [-0.15, -0.1) is 0 Å². The summed E-state index contributed by atoms with van der Waals surface area (Å²) in [5.41, 5.74) is 0.344. The van der Waals surface area contributed by atoms with Crippen molar-refractivity contribution in [3.05, 3.63) is 41.5 Å². The van der Waals surface area contributed by atoms with Gasteiger partial charge in [-0.2, -0.15) is 0 Å². The third-order valence-corrected chi connectivity index (χ3v) is 7.76. The third kappa shape index (κ3) is 6.01. The molecule has 2 saturated heterocycles. The molecule has 0 amide bonds. The topological polar surface area (TPSA) is 255 Å².